The Kier molecular flexibility index (Phi) is 6.51. The number of sulfonamides is 1. The highest BCUT2D eigenvalue weighted by Gasteiger charge is 2.21. The minimum atomic E-state index is -3.10. The lowest BCUT2D eigenvalue weighted by Crippen LogP contribution is -2.35. The largest absolute Gasteiger partial charge is 0.320 e. The molecule has 2 N–H and O–H groups in total. The molecule has 0 heterocycles. The Morgan fingerprint density at radius 3 is 2.25 bits per heavy atom. The van der Waals surface area contributed by atoms with Gasteiger partial charge in [0.2, 0.25) is 10.0 Å². The summed E-state index contributed by atoms with van der Waals surface area (Å²) in [6.07, 6.45) is 0.649. The molecule has 0 radical (unpaired) electrons. The summed E-state index contributed by atoms with van der Waals surface area (Å²) in [5.41, 5.74) is 0.132. The predicted octanol–water partition coefficient (Wildman–Crippen LogP) is 1.20. The first-order valence-corrected chi connectivity index (χ1v) is 7.46. The van der Waals surface area contributed by atoms with Gasteiger partial charge >= 0.3 is 0 Å². The van der Waals surface area contributed by atoms with Crippen LogP contribution in [0.25, 0.3) is 0 Å². The van der Waals surface area contributed by atoms with Crippen molar-refractivity contribution in [1.82, 2.24) is 10.0 Å². The van der Waals surface area contributed by atoms with Crippen LogP contribution >= 0.6 is 0 Å². The van der Waals surface area contributed by atoms with E-state index in [4.69, 9.17) is 0 Å². The van der Waals surface area contributed by atoms with Gasteiger partial charge in [0, 0.05) is 6.54 Å². The highest BCUT2D eigenvalue weighted by Crippen LogP contribution is 2.24. The SMILES string of the molecule is CNCCCS(=O)(=O)NCC(C)C(C)(C)C. The van der Waals surface area contributed by atoms with Crippen LogP contribution in [-0.4, -0.2) is 34.3 Å². The smallest absolute Gasteiger partial charge is 0.211 e. The Bertz CT molecular complexity index is 281. The molecule has 98 valence electrons. The average Bonchev–Trinajstić information content (AvgIpc) is 2.13. The molecule has 4 nitrogen and oxygen atoms in total. The summed E-state index contributed by atoms with van der Waals surface area (Å²) in [5.74, 6) is 0.525. The van der Waals surface area contributed by atoms with Gasteiger partial charge in [0.25, 0.3) is 0 Å². The van der Waals surface area contributed by atoms with E-state index in [1.807, 2.05) is 7.05 Å². The van der Waals surface area contributed by atoms with Gasteiger partial charge in [0.1, 0.15) is 0 Å². The molecule has 16 heavy (non-hydrogen) atoms. The zero-order valence-electron chi connectivity index (χ0n) is 11.1. The topological polar surface area (TPSA) is 58.2 Å². The van der Waals surface area contributed by atoms with Gasteiger partial charge in [0.15, 0.2) is 0 Å². The van der Waals surface area contributed by atoms with E-state index in [2.05, 4.69) is 37.7 Å². The van der Waals surface area contributed by atoms with Gasteiger partial charge in [-0.2, -0.15) is 0 Å². The van der Waals surface area contributed by atoms with Crippen molar-refractivity contribution in [3.05, 3.63) is 0 Å². The van der Waals surface area contributed by atoms with Crippen molar-refractivity contribution in [2.75, 3.05) is 25.9 Å². The second-order valence-corrected chi connectivity index (χ2v) is 7.32. The second kappa shape index (κ2) is 6.57. The summed E-state index contributed by atoms with van der Waals surface area (Å²) >= 11 is 0. The molecule has 5 heteroatoms. The van der Waals surface area contributed by atoms with E-state index in [-0.39, 0.29) is 11.2 Å². The van der Waals surface area contributed by atoms with E-state index in [1.54, 1.807) is 0 Å². The molecule has 1 unspecified atom stereocenters. The van der Waals surface area contributed by atoms with E-state index in [9.17, 15) is 8.42 Å². The van der Waals surface area contributed by atoms with Crippen LogP contribution in [0.3, 0.4) is 0 Å². The fraction of sp³-hybridized carbons (Fsp3) is 1.00. The Labute approximate surface area is 100 Å². The standard InChI is InChI=1S/C11H26N2O2S/c1-10(11(2,3)4)9-13-16(14,15)8-6-7-12-5/h10,12-13H,6-9H2,1-5H3. The van der Waals surface area contributed by atoms with Crippen molar-refractivity contribution in [3.63, 3.8) is 0 Å². The fourth-order valence-corrected chi connectivity index (χ4v) is 2.24. The molecule has 0 spiro atoms. The lowest BCUT2D eigenvalue weighted by atomic mass is 9.82. The third kappa shape index (κ3) is 7.19. The Balaban J connectivity index is 4.00. The van der Waals surface area contributed by atoms with Crippen LogP contribution in [0.5, 0.6) is 0 Å². The number of hydrogen-bond acceptors (Lipinski definition) is 3. The molecule has 0 saturated heterocycles. The van der Waals surface area contributed by atoms with Crippen molar-refractivity contribution in [3.8, 4) is 0 Å². The van der Waals surface area contributed by atoms with Crippen LogP contribution in [0.15, 0.2) is 0 Å². The van der Waals surface area contributed by atoms with Crippen molar-refractivity contribution < 1.29 is 8.42 Å². The van der Waals surface area contributed by atoms with Gasteiger partial charge in [-0.05, 0) is 31.3 Å². The van der Waals surface area contributed by atoms with Crippen molar-refractivity contribution in [2.45, 2.75) is 34.1 Å². The van der Waals surface area contributed by atoms with E-state index in [0.29, 0.717) is 18.9 Å². The molecule has 0 amide bonds. The average molecular weight is 250 g/mol. The number of rotatable bonds is 7. The van der Waals surface area contributed by atoms with Crippen molar-refractivity contribution in [1.29, 1.82) is 0 Å². The highest BCUT2D eigenvalue weighted by molar-refractivity contribution is 7.89. The van der Waals surface area contributed by atoms with Gasteiger partial charge in [-0.25, -0.2) is 13.1 Å². The summed E-state index contributed by atoms with van der Waals surface area (Å²) in [7, 11) is -1.28. The van der Waals surface area contributed by atoms with Gasteiger partial charge in [0.05, 0.1) is 5.75 Å². The van der Waals surface area contributed by atoms with E-state index in [0.717, 1.165) is 6.54 Å². The Morgan fingerprint density at radius 2 is 1.81 bits per heavy atom. The minimum Gasteiger partial charge on any atom is -0.320 e. The van der Waals surface area contributed by atoms with E-state index in [1.165, 1.54) is 0 Å². The molecule has 0 aliphatic rings. The quantitative estimate of drug-likeness (QED) is 0.668. The maximum Gasteiger partial charge on any atom is 0.211 e. The first-order chi connectivity index (χ1) is 7.19. The van der Waals surface area contributed by atoms with Crippen LogP contribution in [0.4, 0.5) is 0 Å². The van der Waals surface area contributed by atoms with Crippen molar-refractivity contribution in [2.24, 2.45) is 11.3 Å². The minimum absolute atomic E-state index is 0.132. The maximum absolute atomic E-state index is 11.6. The fourth-order valence-electron chi connectivity index (χ4n) is 1.07. The zero-order valence-corrected chi connectivity index (χ0v) is 11.9. The summed E-state index contributed by atoms with van der Waals surface area (Å²) in [4.78, 5) is 0. The molecule has 0 rings (SSSR count). The van der Waals surface area contributed by atoms with Gasteiger partial charge < -0.3 is 5.32 Å². The molecule has 0 aliphatic carbocycles. The molecule has 0 fully saturated rings. The number of nitrogens with one attached hydrogen (secondary N) is 2. The third-order valence-electron chi connectivity index (χ3n) is 2.93. The summed E-state index contributed by atoms with van der Waals surface area (Å²) < 4.78 is 25.9. The van der Waals surface area contributed by atoms with Crippen LogP contribution in [0.2, 0.25) is 0 Å². The first-order valence-electron chi connectivity index (χ1n) is 5.81. The van der Waals surface area contributed by atoms with Crippen LogP contribution in [0, 0.1) is 11.3 Å². The van der Waals surface area contributed by atoms with E-state index < -0.39 is 10.0 Å². The first kappa shape index (κ1) is 15.9. The lowest BCUT2D eigenvalue weighted by molar-refractivity contribution is 0.263. The molecule has 0 aromatic carbocycles. The van der Waals surface area contributed by atoms with Crippen LogP contribution in [-0.2, 0) is 10.0 Å². The Morgan fingerprint density at radius 1 is 1.25 bits per heavy atom. The van der Waals surface area contributed by atoms with Crippen LogP contribution < -0.4 is 10.0 Å². The van der Waals surface area contributed by atoms with Crippen molar-refractivity contribution >= 4 is 10.0 Å². The third-order valence-corrected chi connectivity index (χ3v) is 4.36. The molecule has 0 bridgehead atoms. The molecular formula is C11H26N2O2S. The summed E-state index contributed by atoms with van der Waals surface area (Å²) in [6, 6.07) is 0. The normalized spacial score (nSPS) is 15.1. The molecule has 0 aliphatic heterocycles. The van der Waals surface area contributed by atoms with E-state index >= 15 is 0 Å². The lowest BCUT2D eigenvalue weighted by Gasteiger charge is -2.27. The zero-order chi connectivity index (χ0) is 12.8. The predicted molar refractivity (Wildman–Crippen MR) is 69.0 cm³/mol. The monoisotopic (exact) mass is 250 g/mol. The molecule has 0 aromatic heterocycles. The molecule has 0 aromatic rings. The molecule has 0 saturated carbocycles. The summed E-state index contributed by atoms with van der Waals surface area (Å²) in [6.45, 7) is 9.67. The second-order valence-electron chi connectivity index (χ2n) is 5.39. The maximum atomic E-state index is 11.6. The highest BCUT2D eigenvalue weighted by atomic mass is 32.2. The molecule has 1 atom stereocenters. The Hall–Kier alpha value is -0.130. The van der Waals surface area contributed by atoms with Gasteiger partial charge in [-0.1, -0.05) is 27.7 Å². The van der Waals surface area contributed by atoms with Gasteiger partial charge in [-0.3, -0.25) is 0 Å². The van der Waals surface area contributed by atoms with Crippen LogP contribution in [0.1, 0.15) is 34.1 Å². The molecular weight excluding hydrogens is 224 g/mol. The summed E-state index contributed by atoms with van der Waals surface area (Å²) in [5, 5.41) is 2.94. The van der Waals surface area contributed by atoms with Gasteiger partial charge in [-0.15, -0.1) is 0 Å². The number of hydrogen-bond donors (Lipinski definition) is 2.